The third kappa shape index (κ3) is 5.12. The van der Waals surface area contributed by atoms with Crippen LogP contribution in [0.2, 0.25) is 0 Å². The zero-order chi connectivity index (χ0) is 21.8. The second-order valence-electron chi connectivity index (χ2n) is 6.54. The fourth-order valence-electron chi connectivity index (χ4n) is 2.84. The molecule has 3 aromatic heterocycles. The van der Waals surface area contributed by atoms with E-state index < -0.39 is 0 Å². The summed E-state index contributed by atoms with van der Waals surface area (Å²) in [4.78, 5) is 28.7. The lowest BCUT2D eigenvalue weighted by atomic mass is 10.1. The molecule has 1 aromatic carbocycles. The number of ether oxygens (including phenoxy) is 1. The highest BCUT2D eigenvalue weighted by Gasteiger charge is 2.12. The van der Waals surface area contributed by atoms with Crippen molar-refractivity contribution in [2.75, 3.05) is 11.9 Å². The highest BCUT2D eigenvalue weighted by molar-refractivity contribution is 8.00. The molecule has 4 rings (SSSR count). The van der Waals surface area contributed by atoms with E-state index in [1.807, 2.05) is 31.2 Å². The van der Waals surface area contributed by atoms with Gasteiger partial charge in [0.05, 0.1) is 5.69 Å². The van der Waals surface area contributed by atoms with Gasteiger partial charge in [0.1, 0.15) is 11.5 Å². The summed E-state index contributed by atoms with van der Waals surface area (Å²) in [5.41, 5.74) is 1.85. The summed E-state index contributed by atoms with van der Waals surface area (Å²) in [6, 6.07) is 10.7. The molecule has 0 aliphatic heterocycles. The molecule has 0 aliphatic rings. The predicted molar refractivity (Wildman–Crippen MR) is 118 cm³/mol. The summed E-state index contributed by atoms with van der Waals surface area (Å²) in [5.74, 6) is 1.44. The van der Waals surface area contributed by atoms with Crippen molar-refractivity contribution in [2.24, 2.45) is 0 Å². The molecule has 160 valence electrons. The number of amides is 1. The molecule has 0 aliphatic carbocycles. The van der Waals surface area contributed by atoms with Gasteiger partial charge in [-0.15, -0.1) is 14.8 Å². The van der Waals surface area contributed by atoms with Crippen molar-refractivity contribution in [2.45, 2.75) is 30.4 Å². The highest BCUT2D eigenvalue weighted by Crippen LogP contribution is 2.28. The van der Waals surface area contributed by atoms with Crippen LogP contribution in [0.3, 0.4) is 0 Å². The van der Waals surface area contributed by atoms with Crippen LogP contribution in [0.25, 0.3) is 5.65 Å². The minimum Gasteiger partial charge on any atom is -0.483 e. The molecule has 0 radical (unpaired) electrons. The van der Waals surface area contributed by atoms with E-state index in [9.17, 15) is 9.59 Å². The number of thioether (sulfide) groups is 1. The van der Waals surface area contributed by atoms with Crippen LogP contribution in [-0.2, 0) is 17.0 Å². The maximum Gasteiger partial charge on any atom is 0.287 e. The molecule has 1 N–H and O–H groups in total. The lowest BCUT2D eigenvalue weighted by molar-refractivity contribution is -0.118. The largest absolute Gasteiger partial charge is 0.483 e. The molecule has 11 heteroatoms. The quantitative estimate of drug-likeness (QED) is 0.317. The van der Waals surface area contributed by atoms with Gasteiger partial charge in [0.2, 0.25) is 5.13 Å². The van der Waals surface area contributed by atoms with Gasteiger partial charge in [0, 0.05) is 17.9 Å². The molecule has 0 saturated heterocycles. The Morgan fingerprint density at radius 1 is 1.29 bits per heavy atom. The van der Waals surface area contributed by atoms with E-state index in [1.54, 1.807) is 13.0 Å². The molecular weight excluding hydrogens is 438 g/mol. The number of nitrogens with one attached hydrogen (secondary N) is 1. The molecule has 1 amide bonds. The zero-order valence-electron chi connectivity index (χ0n) is 16.8. The number of carbonyl (C=O) groups excluding carboxylic acids is 1. The number of hydrogen-bond donors (Lipinski definition) is 1. The second kappa shape index (κ2) is 9.31. The molecule has 0 fully saturated rings. The van der Waals surface area contributed by atoms with Crippen molar-refractivity contribution in [1.82, 2.24) is 19.8 Å². The summed E-state index contributed by atoms with van der Waals surface area (Å²) in [5, 5.41) is 11.1. The van der Waals surface area contributed by atoms with Crippen molar-refractivity contribution in [1.29, 1.82) is 0 Å². The number of aromatic nitrogens is 4. The van der Waals surface area contributed by atoms with Crippen LogP contribution in [0.5, 0.6) is 5.75 Å². The van der Waals surface area contributed by atoms with Crippen molar-refractivity contribution in [3.63, 3.8) is 0 Å². The predicted octanol–water partition coefficient (Wildman–Crippen LogP) is 3.32. The average molecular weight is 458 g/mol. The molecule has 9 nitrogen and oxygen atoms in total. The van der Waals surface area contributed by atoms with Crippen LogP contribution in [-0.4, -0.2) is 32.3 Å². The van der Waals surface area contributed by atoms with Crippen molar-refractivity contribution < 1.29 is 14.1 Å². The molecule has 0 saturated carbocycles. The Kier molecular flexibility index (Phi) is 6.33. The van der Waals surface area contributed by atoms with Gasteiger partial charge in [-0.05, 0) is 25.0 Å². The Morgan fingerprint density at radius 2 is 2.13 bits per heavy atom. The van der Waals surface area contributed by atoms with Gasteiger partial charge in [0.15, 0.2) is 16.6 Å². The standard InChI is InChI=1S/C20H19N5O4S2/c1-3-13-6-4-5-7-15(13)28-10-17(26)22-19-23-24-20(31-19)30-11-14-9-18(27)25-16(21-14)8-12(2)29-25/h4-9H,3,10-11H2,1-2H3,(H,22,23,26). The third-order valence-electron chi connectivity index (χ3n) is 4.23. The van der Waals surface area contributed by atoms with Crippen LogP contribution in [0, 0.1) is 6.92 Å². The number of anilines is 1. The minimum absolute atomic E-state index is 0.114. The van der Waals surface area contributed by atoms with Crippen LogP contribution in [0.15, 0.2) is 50.1 Å². The summed E-state index contributed by atoms with van der Waals surface area (Å²) < 4.78 is 12.7. The lowest BCUT2D eigenvalue weighted by Gasteiger charge is -2.09. The smallest absolute Gasteiger partial charge is 0.287 e. The number of fused-ring (bicyclic) bond motifs is 1. The molecule has 31 heavy (non-hydrogen) atoms. The van der Waals surface area contributed by atoms with Gasteiger partial charge in [0.25, 0.3) is 11.5 Å². The van der Waals surface area contributed by atoms with Gasteiger partial charge in [-0.25, -0.2) is 4.98 Å². The molecule has 4 aromatic rings. The monoisotopic (exact) mass is 457 g/mol. The first-order chi connectivity index (χ1) is 15.0. The maximum atomic E-state index is 12.2. The van der Waals surface area contributed by atoms with Gasteiger partial charge < -0.3 is 9.26 Å². The molecule has 0 unspecified atom stereocenters. The number of nitrogens with zero attached hydrogens (tertiary/aromatic N) is 4. The average Bonchev–Trinajstić information content (AvgIpc) is 3.36. The Morgan fingerprint density at radius 3 is 2.97 bits per heavy atom. The van der Waals surface area contributed by atoms with E-state index in [2.05, 4.69) is 20.5 Å². The van der Waals surface area contributed by atoms with E-state index in [-0.39, 0.29) is 18.1 Å². The zero-order valence-corrected chi connectivity index (χ0v) is 18.5. The number of carbonyl (C=O) groups is 1. The first kappa shape index (κ1) is 21.1. The summed E-state index contributed by atoms with van der Waals surface area (Å²) >= 11 is 2.63. The van der Waals surface area contributed by atoms with Crippen LogP contribution >= 0.6 is 23.1 Å². The van der Waals surface area contributed by atoms with E-state index in [1.165, 1.54) is 29.2 Å². The van der Waals surface area contributed by atoms with Crippen molar-refractivity contribution >= 4 is 39.8 Å². The van der Waals surface area contributed by atoms with Crippen molar-refractivity contribution in [3.05, 3.63) is 63.8 Å². The summed E-state index contributed by atoms with van der Waals surface area (Å²) in [6.45, 7) is 3.67. The fourth-order valence-corrected chi connectivity index (χ4v) is 4.50. The fraction of sp³-hybridized carbons (Fsp3) is 0.250. The summed E-state index contributed by atoms with van der Waals surface area (Å²) in [6.07, 6.45) is 0.823. The molecule has 0 bridgehead atoms. The molecule has 0 spiro atoms. The van der Waals surface area contributed by atoms with E-state index in [0.717, 1.165) is 16.6 Å². The minimum atomic E-state index is -0.311. The number of benzene rings is 1. The number of rotatable bonds is 8. The molecule has 3 heterocycles. The van der Waals surface area contributed by atoms with Crippen molar-refractivity contribution in [3.8, 4) is 5.75 Å². The first-order valence-corrected chi connectivity index (χ1v) is 11.3. The lowest BCUT2D eigenvalue weighted by Crippen LogP contribution is -2.20. The first-order valence-electron chi connectivity index (χ1n) is 9.48. The van der Waals surface area contributed by atoms with E-state index in [4.69, 9.17) is 9.26 Å². The normalized spacial score (nSPS) is 11.0. The molecular formula is C20H19N5O4S2. The Balaban J connectivity index is 1.32. The van der Waals surface area contributed by atoms with Crippen LogP contribution < -0.4 is 15.6 Å². The number of para-hydroxylation sites is 1. The maximum absolute atomic E-state index is 12.2. The van der Waals surface area contributed by atoms with Gasteiger partial charge in [-0.2, -0.15) is 0 Å². The van der Waals surface area contributed by atoms with Gasteiger partial charge in [-0.3, -0.25) is 14.9 Å². The van der Waals surface area contributed by atoms with Gasteiger partial charge >= 0.3 is 0 Å². The SMILES string of the molecule is CCc1ccccc1OCC(=O)Nc1nnc(SCc2cc(=O)n3oc(C)cc3n2)s1. The van der Waals surface area contributed by atoms with E-state index in [0.29, 0.717) is 38.1 Å². The van der Waals surface area contributed by atoms with E-state index >= 15 is 0 Å². The van der Waals surface area contributed by atoms with Crippen LogP contribution in [0.1, 0.15) is 23.9 Å². The van der Waals surface area contributed by atoms with Gasteiger partial charge in [-0.1, -0.05) is 48.2 Å². The summed E-state index contributed by atoms with van der Waals surface area (Å²) in [7, 11) is 0. The highest BCUT2D eigenvalue weighted by atomic mass is 32.2. The Bertz CT molecular complexity index is 1280. The topological polar surface area (TPSA) is 112 Å². The Hall–Kier alpha value is -3.18. The third-order valence-corrected chi connectivity index (χ3v) is 6.24. The molecule has 0 atom stereocenters. The Labute approximate surface area is 185 Å². The van der Waals surface area contributed by atoms with Crippen LogP contribution in [0.4, 0.5) is 5.13 Å². The number of hydrogen-bond acceptors (Lipinski definition) is 9. The second-order valence-corrected chi connectivity index (χ2v) is 8.74. The number of aryl methyl sites for hydroxylation is 2.